The fraction of sp³-hybridized carbons (Fsp3) is 0.182. The zero-order chi connectivity index (χ0) is 20.3. The Kier molecular flexibility index (Phi) is 6.22. The molecule has 0 spiro atoms. The van der Waals surface area contributed by atoms with Crippen LogP contribution in [-0.4, -0.2) is 15.7 Å². The van der Waals surface area contributed by atoms with Crippen molar-refractivity contribution in [2.45, 2.75) is 20.3 Å². The number of hydrogen-bond donors (Lipinski definition) is 1. The average molecular weight is 414 g/mol. The Balaban J connectivity index is 1.63. The van der Waals surface area contributed by atoms with Crippen molar-refractivity contribution in [1.82, 2.24) is 9.78 Å². The molecule has 0 radical (unpaired) electrons. The van der Waals surface area contributed by atoms with Crippen molar-refractivity contribution in [3.8, 4) is 0 Å². The standard InChI is InChI=1S/C22H21Cl2N3O/c1-14-20(15(2)27(3)26-14)12-16-4-9-19(10-5-16)25-22(28)11-7-17-6-8-18(23)13-21(17)24/h4-11,13H,12H2,1-3H3,(H,25,28)/b11-7+. The molecule has 1 amide bonds. The molecule has 1 heterocycles. The van der Waals surface area contributed by atoms with Gasteiger partial charge in [0.15, 0.2) is 0 Å². The summed E-state index contributed by atoms with van der Waals surface area (Å²) in [6, 6.07) is 13.0. The van der Waals surface area contributed by atoms with Crippen LogP contribution >= 0.6 is 23.2 Å². The van der Waals surface area contributed by atoms with Crippen molar-refractivity contribution in [2.75, 3.05) is 5.32 Å². The topological polar surface area (TPSA) is 46.9 Å². The summed E-state index contributed by atoms with van der Waals surface area (Å²) in [7, 11) is 1.95. The Morgan fingerprint density at radius 2 is 1.86 bits per heavy atom. The van der Waals surface area contributed by atoms with Crippen LogP contribution in [0.2, 0.25) is 10.0 Å². The maximum atomic E-state index is 12.2. The Morgan fingerprint density at radius 1 is 1.14 bits per heavy atom. The summed E-state index contributed by atoms with van der Waals surface area (Å²) in [5, 5.41) is 8.37. The van der Waals surface area contributed by atoms with Crippen molar-refractivity contribution in [3.05, 3.63) is 86.7 Å². The maximum absolute atomic E-state index is 12.2. The van der Waals surface area contributed by atoms with E-state index in [4.69, 9.17) is 23.2 Å². The molecule has 28 heavy (non-hydrogen) atoms. The predicted molar refractivity (Wildman–Crippen MR) is 116 cm³/mol. The number of aromatic nitrogens is 2. The van der Waals surface area contributed by atoms with E-state index in [1.807, 2.05) is 42.9 Å². The van der Waals surface area contributed by atoms with Crippen LogP contribution in [0.1, 0.15) is 28.1 Å². The van der Waals surface area contributed by atoms with E-state index in [9.17, 15) is 4.79 Å². The van der Waals surface area contributed by atoms with Crippen LogP contribution in [0.4, 0.5) is 5.69 Å². The van der Waals surface area contributed by atoms with E-state index < -0.39 is 0 Å². The zero-order valence-corrected chi connectivity index (χ0v) is 17.5. The summed E-state index contributed by atoms with van der Waals surface area (Å²) in [4.78, 5) is 12.2. The first-order valence-electron chi connectivity index (χ1n) is 8.85. The number of nitrogens with one attached hydrogen (secondary N) is 1. The summed E-state index contributed by atoms with van der Waals surface area (Å²) in [5.74, 6) is -0.224. The fourth-order valence-corrected chi connectivity index (χ4v) is 3.44. The van der Waals surface area contributed by atoms with Gasteiger partial charge in [0.2, 0.25) is 5.91 Å². The molecule has 6 heteroatoms. The first kappa shape index (κ1) is 20.2. The number of carbonyl (C=O) groups excluding carboxylic acids is 1. The minimum atomic E-state index is -0.224. The second-order valence-corrected chi connectivity index (χ2v) is 7.48. The van der Waals surface area contributed by atoms with Gasteiger partial charge in [-0.3, -0.25) is 9.48 Å². The van der Waals surface area contributed by atoms with E-state index in [0.29, 0.717) is 10.0 Å². The SMILES string of the molecule is Cc1nn(C)c(C)c1Cc1ccc(NC(=O)/C=C/c2ccc(Cl)cc2Cl)cc1. The number of nitrogens with zero attached hydrogens (tertiary/aromatic N) is 2. The number of anilines is 1. The van der Waals surface area contributed by atoms with Gasteiger partial charge in [0.25, 0.3) is 0 Å². The monoisotopic (exact) mass is 413 g/mol. The van der Waals surface area contributed by atoms with Crippen molar-refractivity contribution in [1.29, 1.82) is 0 Å². The molecule has 3 aromatic rings. The van der Waals surface area contributed by atoms with E-state index in [1.54, 1.807) is 24.3 Å². The minimum Gasteiger partial charge on any atom is -0.323 e. The molecule has 0 saturated heterocycles. The Morgan fingerprint density at radius 3 is 2.46 bits per heavy atom. The largest absolute Gasteiger partial charge is 0.323 e. The van der Waals surface area contributed by atoms with Gasteiger partial charge in [-0.05, 0) is 55.3 Å². The van der Waals surface area contributed by atoms with Crippen LogP contribution in [0.3, 0.4) is 0 Å². The highest BCUT2D eigenvalue weighted by Gasteiger charge is 2.10. The summed E-state index contributed by atoms with van der Waals surface area (Å²) < 4.78 is 1.90. The lowest BCUT2D eigenvalue weighted by atomic mass is 10.0. The van der Waals surface area contributed by atoms with Gasteiger partial charge in [-0.2, -0.15) is 5.10 Å². The number of aryl methyl sites for hydroxylation is 2. The molecular formula is C22H21Cl2N3O. The Labute approximate surface area is 174 Å². The van der Waals surface area contributed by atoms with Gasteiger partial charge in [-0.15, -0.1) is 0 Å². The third-order valence-corrected chi connectivity index (χ3v) is 5.20. The highest BCUT2D eigenvalue weighted by Crippen LogP contribution is 2.22. The van der Waals surface area contributed by atoms with Gasteiger partial charge in [0, 0.05) is 46.5 Å². The van der Waals surface area contributed by atoms with Crippen LogP contribution < -0.4 is 5.32 Å². The first-order valence-corrected chi connectivity index (χ1v) is 9.61. The molecule has 1 aromatic heterocycles. The second kappa shape index (κ2) is 8.63. The van der Waals surface area contributed by atoms with Gasteiger partial charge in [-0.1, -0.05) is 41.4 Å². The van der Waals surface area contributed by atoms with Crippen LogP contribution in [0, 0.1) is 13.8 Å². The number of hydrogen-bond acceptors (Lipinski definition) is 2. The molecule has 2 aromatic carbocycles. The third kappa shape index (κ3) is 4.83. The fourth-order valence-electron chi connectivity index (χ4n) is 2.97. The predicted octanol–water partition coefficient (Wildman–Crippen LogP) is 5.59. The number of carbonyl (C=O) groups is 1. The quantitative estimate of drug-likeness (QED) is 0.554. The van der Waals surface area contributed by atoms with Crippen molar-refractivity contribution >= 4 is 40.9 Å². The molecule has 0 unspecified atom stereocenters. The van der Waals surface area contributed by atoms with E-state index in [2.05, 4.69) is 17.3 Å². The molecule has 0 fully saturated rings. The number of benzene rings is 2. The van der Waals surface area contributed by atoms with E-state index >= 15 is 0 Å². The Hall–Kier alpha value is -2.56. The molecule has 0 aliphatic rings. The van der Waals surface area contributed by atoms with Gasteiger partial charge >= 0.3 is 0 Å². The summed E-state index contributed by atoms with van der Waals surface area (Å²) >= 11 is 12.0. The van der Waals surface area contributed by atoms with Gasteiger partial charge in [0.1, 0.15) is 0 Å². The van der Waals surface area contributed by atoms with E-state index in [1.165, 1.54) is 22.9 Å². The lowest BCUT2D eigenvalue weighted by Crippen LogP contribution is -2.07. The molecule has 0 atom stereocenters. The third-order valence-electron chi connectivity index (χ3n) is 4.64. The smallest absolute Gasteiger partial charge is 0.248 e. The summed E-state index contributed by atoms with van der Waals surface area (Å²) in [6.45, 7) is 4.10. The Bertz CT molecular complexity index is 1040. The lowest BCUT2D eigenvalue weighted by molar-refractivity contribution is -0.111. The second-order valence-electron chi connectivity index (χ2n) is 6.64. The molecular weight excluding hydrogens is 393 g/mol. The van der Waals surface area contributed by atoms with E-state index in [-0.39, 0.29) is 5.91 Å². The average Bonchev–Trinajstić information content (AvgIpc) is 2.88. The van der Waals surface area contributed by atoms with Gasteiger partial charge in [-0.25, -0.2) is 0 Å². The summed E-state index contributed by atoms with van der Waals surface area (Å²) in [6.07, 6.45) is 3.93. The normalized spacial score (nSPS) is 11.2. The van der Waals surface area contributed by atoms with Crippen molar-refractivity contribution in [3.63, 3.8) is 0 Å². The van der Waals surface area contributed by atoms with Crippen LogP contribution in [0.25, 0.3) is 6.08 Å². The van der Waals surface area contributed by atoms with Crippen LogP contribution in [-0.2, 0) is 18.3 Å². The van der Waals surface area contributed by atoms with E-state index in [0.717, 1.165) is 23.4 Å². The molecule has 0 aliphatic carbocycles. The molecule has 0 saturated carbocycles. The molecule has 0 aliphatic heterocycles. The molecule has 144 valence electrons. The van der Waals surface area contributed by atoms with Crippen molar-refractivity contribution < 1.29 is 4.79 Å². The number of rotatable bonds is 5. The van der Waals surface area contributed by atoms with Crippen LogP contribution in [0.5, 0.6) is 0 Å². The van der Waals surface area contributed by atoms with Gasteiger partial charge in [0.05, 0.1) is 5.69 Å². The number of amides is 1. The van der Waals surface area contributed by atoms with Crippen LogP contribution in [0.15, 0.2) is 48.5 Å². The first-order chi connectivity index (χ1) is 13.3. The molecule has 4 nitrogen and oxygen atoms in total. The molecule has 3 rings (SSSR count). The molecule has 1 N–H and O–H groups in total. The number of halogens is 2. The van der Waals surface area contributed by atoms with Gasteiger partial charge < -0.3 is 5.32 Å². The van der Waals surface area contributed by atoms with Crippen molar-refractivity contribution in [2.24, 2.45) is 7.05 Å². The maximum Gasteiger partial charge on any atom is 0.248 e. The lowest BCUT2D eigenvalue weighted by Gasteiger charge is -2.06. The molecule has 0 bridgehead atoms. The minimum absolute atomic E-state index is 0.224. The highest BCUT2D eigenvalue weighted by atomic mass is 35.5. The highest BCUT2D eigenvalue weighted by molar-refractivity contribution is 6.35. The zero-order valence-electron chi connectivity index (χ0n) is 16.0. The summed E-state index contributed by atoms with van der Waals surface area (Å²) in [5.41, 5.74) is 6.09.